The second-order valence-electron chi connectivity index (χ2n) is 6.22. The second-order valence-corrected chi connectivity index (χ2v) is 6.22. The lowest BCUT2D eigenvalue weighted by Crippen LogP contribution is -2.51. The molecule has 0 amide bonds. The summed E-state index contributed by atoms with van der Waals surface area (Å²) >= 11 is 0. The highest BCUT2D eigenvalue weighted by atomic mass is 16.5. The smallest absolute Gasteiger partial charge is 0.0468 e. The fraction of sp³-hybridized carbons (Fsp3) is 1.00. The molecule has 3 saturated heterocycles. The van der Waals surface area contributed by atoms with Gasteiger partial charge in [-0.1, -0.05) is 0 Å². The third-order valence-corrected chi connectivity index (χ3v) is 5.57. The quantitative estimate of drug-likeness (QED) is 0.792. The van der Waals surface area contributed by atoms with Crippen LogP contribution in [-0.2, 0) is 4.74 Å². The van der Waals surface area contributed by atoms with Crippen LogP contribution in [-0.4, -0.2) is 43.8 Å². The van der Waals surface area contributed by atoms with Gasteiger partial charge in [0.25, 0.3) is 0 Å². The van der Waals surface area contributed by atoms with Gasteiger partial charge < -0.3 is 15.4 Å². The first kappa shape index (κ1) is 11.9. The molecule has 2 bridgehead atoms. The Morgan fingerprint density at radius 3 is 2.65 bits per heavy atom. The molecule has 3 aliphatic heterocycles. The lowest BCUT2D eigenvalue weighted by atomic mass is 9.70. The maximum Gasteiger partial charge on any atom is 0.0468 e. The molecule has 4 unspecified atom stereocenters. The van der Waals surface area contributed by atoms with Crippen molar-refractivity contribution < 1.29 is 4.74 Å². The lowest BCUT2D eigenvalue weighted by molar-refractivity contribution is -0.0168. The van der Waals surface area contributed by atoms with Gasteiger partial charge in [-0.05, 0) is 63.5 Å². The largest absolute Gasteiger partial charge is 0.381 e. The zero-order valence-corrected chi connectivity index (χ0v) is 11.0. The summed E-state index contributed by atoms with van der Waals surface area (Å²) in [5.41, 5.74) is 6.05. The standard InChI is InChI=1S/C14H26N2O/c1-16-12-2-3-13(16)14(11(8-12)9-15)10-4-6-17-7-5-10/h10-14H,2-9,15H2,1H3. The Labute approximate surface area is 105 Å². The zero-order valence-electron chi connectivity index (χ0n) is 11.0. The summed E-state index contributed by atoms with van der Waals surface area (Å²) < 4.78 is 5.52. The maximum absolute atomic E-state index is 6.05. The Morgan fingerprint density at radius 1 is 1.18 bits per heavy atom. The Hall–Kier alpha value is -0.120. The van der Waals surface area contributed by atoms with E-state index in [2.05, 4.69) is 11.9 Å². The van der Waals surface area contributed by atoms with Gasteiger partial charge in [-0.3, -0.25) is 0 Å². The third kappa shape index (κ3) is 2.02. The summed E-state index contributed by atoms with van der Waals surface area (Å²) in [7, 11) is 2.33. The highest BCUT2D eigenvalue weighted by Crippen LogP contribution is 2.46. The van der Waals surface area contributed by atoms with Gasteiger partial charge in [-0.15, -0.1) is 0 Å². The first-order chi connectivity index (χ1) is 8.31. The van der Waals surface area contributed by atoms with E-state index in [1.165, 1.54) is 32.1 Å². The average molecular weight is 238 g/mol. The van der Waals surface area contributed by atoms with Gasteiger partial charge in [0, 0.05) is 25.3 Å². The molecule has 17 heavy (non-hydrogen) atoms. The molecule has 98 valence electrons. The molecule has 0 spiro atoms. The minimum atomic E-state index is 0.770. The van der Waals surface area contributed by atoms with E-state index in [1.807, 2.05) is 0 Å². The highest BCUT2D eigenvalue weighted by Gasteiger charge is 2.47. The molecule has 3 heteroatoms. The van der Waals surface area contributed by atoms with Crippen LogP contribution in [0.2, 0.25) is 0 Å². The molecule has 3 aliphatic rings. The molecule has 3 fully saturated rings. The van der Waals surface area contributed by atoms with E-state index >= 15 is 0 Å². The Morgan fingerprint density at radius 2 is 1.94 bits per heavy atom. The van der Waals surface area contributed by atoms with Gasteiger partial charge in [-0.2, -0.15) is 0 Å². The SMILES string of the molecule is CN1C2CCC1C(C1CCOCC1)C(CN)C2. The number of hydrogen-bond donors (Lipinski definition) is 1. The van der Waals surface area contributed by atoms with Crippen LogP contribution in [0.4, 0.5) is 0 Å². The molecule has 4 atom stereocenters. The van der Waals surface area contributed by atoms with Crippen molar-refractivity contribution in [1.29, 1.82) is 0 Å². The Bertz CT molecular complexity index is 265. The first-order valence-corrected chi connectivity index (χ1v) is 7.31. The van der Waals surface area contributed by atoms with Crippen molar-refractivity contribution in [2.45, 2.75) is 44.2 Å². The van der Waals surface area contributed by atoms with Gasteiger partial charge in [0.15, 0.2) is 0 Å². The molecule has 3 nitrogen and oxygen atoms in total. The summed E-state index contributed by atoms with van der Waals surface area (Å²) in [6, 6.07) is 1.63. The molecule has 0 aromatic heterocycles. The molecule has 0 aliphatic carbocycles. The van der Waals surface area contributed by atoms with Crippen LogP contribution in [0.25, 0.3) is 0 Å². The summed E-state index contributed by atoms with van der Waals surface area (Å²) in [4.78, 5) is 2.66. The summed E-state index contributed by atoms with van der Waals surface area (Å²) in [6.45, 7) is 2.83. The van der Waals surface area contributed by atoms with E-state index in [0.717, 1.165) is 49.6 Å². The monoisotopic (exact) mass is 238 g/mol. The highest BCUT2D eigenvalue weighted by molar-refractivity contribution is 5.01. The minimum absolute atomic E-state index is 0.770. The van der Waals surface area contributed by atoms with E-state index in [4.69, 9.17) is 10.5 Å². The molecule has 3 heterocycles. The van der Waals surface area contributed by atoms with Crippen molar-refractivity contribution in [3.63, 3.8) is 0 Å². The van der Waals surface area contributed by atoms with Crippen molar-refractivity contribution >= 4 is 0 Å². The van der Waals surface area contributed by atoms with E-state index in [0.29, 0.717) is 0 Å². The summed E-state index contributed by atoms with van der Waals surface area (Å²) in [6.07, 6.45) is 6.66. The number of ether oxygens (including phenoxy) is 1. The molecular weight excluding hydrogens is 212 g/mol. The van der Waals surface area contributed by atoms with Crippen LogP contribution in [0.3, 0.4) is 0 Å². The van der Waals surface area contributed by atoms with Crippen molar-refractivity contribution in [2.24, 2.45) is 23.5 Å². The van der Waals surface area contributed by atoms with Gasteiger partial charge in [0.05, 0.1) is 0 Å². The van der Waals surface area contributed by atoms with Crippen LogP contribution in [0.15, 0.2) is 0 Å². The Kier molecular flexibility index (Phi) is 3.42. The van der Waals surface area contributed by atoms with Crippen molar-refractivity contribution in [1.82, 2.24) is 4.90 Å². The molecule has 3 rings (SSSR count). The average Bonchev–Trinajstić information content (AvgIpc) is 2.64. The molecule has 0 aromatic rings. The predicted molar refractivity (Wildman–Crippen MR) is 68.8 cm³/mol. The molecular formula is C14H26N2O. The number of nitrogens with zero attached hydrogens (tertiary/aromatic N) is 1. The number of rotatable bonds is 2. The van der Waals surface area contributed by atoms with Crippen molar-refractivity contribution in [3.05, 3.63) is 0 Å². The van der Waals surface area contributed by atoms with E-state index < -0.39 is 0 Å². The first-order valence-electron chi connectivity index (χ1n) is 7.31. The van der Waals surface area contributed by atoms with E-state index in [1.54, 1.807) is 0 Å². The lowest BCUT2D eigenvalue weighted by Gasteiger charge is -2.47. The van der Waals surface area contributed by atoms with Crippen LogP contribution in [0.1, 0.15) is 32.1 Å². The van der Waals surface area contributed by atoms with Gasteiger partial charge >= 0.3 is 0 Å². The molecule has 2 N–H and O–H groups in total. The van der Waals surface area contributed by atoms with E-state index in [9.17, 15) is 0 Å². The van der Waals surface area contributed by atoms with Gasteiger partial charge in [-0.25, -0.2) is 0 Å². The maximum atomic E-state index is 6.05. The zero-order chi connectivity index (χ0) is 11.8. The van der Waals surface area contributed by atoms with Gasteiger partial charge in [0.2, 0.25) is 0 Å². The molecule has 0 radical (unpaired) electrons. The minimum Gasteiger partial charge on any atom is -0.381 e. The molecule has 0 aromatic carbocycles. The third-order valence-electron chi connectivity index (χ3n) is 5.57. The number of nitrogens with two attached hydrogens (primary N) is 1. The fourth-order valence-corrected chi connectivity index (χ4v) is 4.66. The normalized spacial score (nSPS) is 44.1. The topological polar surface area (TPSA) is 38.5 Å². The van der Waals surface area contributed by atoms with Crippen LogP contribution in [0.5, 0.6) is 0 Å². The van der Waals surface area contributed by atoms with Crippen LogP contribution >= 0.6 is 0 Å². The summed E-state index contributed by atoms with van der Waals surface area (Å²) in [5.74, 6) is 2.48. The fourth-order valence-electron chi connectivity index (χ4n) is 4.66. The van der Waals surface area contributed by atoms with Crippen LogP contribution < -0.4 is 5.73 Å². The number of hydrogen-bond acceptors (Lipinski definition) is 3. The second kappa shape index (κ2) is 4.87. The van der Waals surface area contributed by atoms with E-state index in [-0.39, 0.29) is 0 Å². The van der Waals surface area contributed by atoms with Gasteiger partial charge in [0.1, 0.15) is 0 Å². The Balaban J connectivity index is 1.78. The number of piperidine rings is 1. The van der Waals surface area contributed by atoms with Crippen LogP contribution in [0, 0.1) is 17.8 Å². The molecule has 0 saturated carbocycles. The van der Waals surface area contributed by atoms with Crippen molar-refractivity contribution in [3.8, 4) is 0 Å². The summed E-state index contributed by atoms with van der Waals surface area (Å²) in [5, 5.41) is 0. The predicted octanol–water partition coefficient (Wildman–Crippen LogP) is 1.47. The van der Waals surface area contributed by atoms with Crippen molar-refractivity contribution in [2.75, 3.05) is 26.8 Å². The number of fused-ring (bicyclic) bond motifs is 2.